The van der Waals surface area contributed by atoms with Gasteiger partial charge < -0.3 is 9.47 Å². The quantitative estimate of drug-likeness (QED) is 0.778. The van der Waals surface area contributed by atoms with Crippen molar-refractivity contribution >= 4 is 17.7 Å². The molecule has 19 heavy (non-hydrogen) atoms. The summed E-state index contributed by atoms with van der Waals surface area (Å²) in [7, 11) is 1.95. The number of aryl methyl sites for hydroxylation is 1. The van der Waals surface area contributed by atoms with Gasteiger partial charge in [-0.15, -0.1) is 0 Å². The number of carbonyl (C=O) groups is 1. The Hall–Kier alpha value is -1.23. The molecule has 0 atom stereocenters. The molecule has 1 heterocycles. The third-order valence-corrected chi connectivity index (χ3v) is 4.38. The fourth-order valence-electron chi connectivity index (χ4n) is 2.30. The Morgan fingerprint density at radius 2 is 2.37 bits per heavy atom. The summed E-state index contributed by atoms with van der Waals surface area (Å²) in [5, 5.41) is 0.891. The Morgan fingerprint density at radius 3 is 2.95 bits per heavy atom. The second-order valence-corrected chi connectivity index (χ2v) is 5.63. The zero-order valence-corrected chi connectivity index (χ0v) is 12.4. The first kappa shape index (κ1) is 14.2. The van der Waals surface area contributed by atoms with Gasteiger partial charge in [-0.2, -0.15) is 0 Å². The summed E-state index contributed by atoms with van der Waals surface area (Å²) in [6, 6.07) is 0. The molecule has 0 fully saturated rings. The molecule has 104 valence electrons. The van der Waals surface area contributed by atoms with E-state index in [1.165, 1.54) is 30.3 Å². The van der Waals surface area contributed by atoms with Gasteiger partial charge in [-0.05, 0) is 32.6 Å². The van der Waals surface area contributed by atoms with Crippen LogP contribution in [0.1, 0.15) is 32.6 Å². The van der Waals surface area contributed by atoms with E-state index in [0.29, 0.717) is 5.75 Å². The number of rotatable bonds is 5. The lowest BCUT2D eigenvalue weighted by Gasteiger charge is -2.26. The van der Waals surface area contributed by atoms with Crippen LogP contribution in [0.5, 0.6) is 0 Å². The molecule has 1 aliphatic carbocycles. The molecule has 0 aromatic carbocycles. The van der Waals surface area contributed by atoms with Crippen LogP contribution in [0.25, 0.3) is 0 Å². The second kappa shape index (κ2) is 6.80. The summed E-state index contributed by atoms with van der Waals surface area (Å²) in [6.07, 6.45) is 10.5. The highest BCUT2D eigenvalue weighted by atomic mass is 32.2. The molecule has 1 aliphatic rings. The van der Waals surface area contributed by atoms with Crippen molar-refractivity contribution in [2.45, 2.75) is 37.8 Å². The predicted octanol–water partition coefficient (Wildman–Crippen LogP) is 2.82. The van der Waals surface area contributed by atoms with Gasteiger partial charge >= 0.3 is 0 Å². The topological polar surface area (TPSA) is 38.1 Å². The lowest BCUT2D eigenvalue weighted by molar-refractivity contribution is -0.126. The monoisotopic (exact) mass is 279 g/mol. The molecular weight excluding hydrogens is 258 g/mol. The molecule has 2 rings (SSSR count). The average Bonchev–Trinajstić information content (AvgIpc) is 2.84. The summed E-state index contributed by atoms with van der Waals surface area (Å²) >= 11 is 1.50. The zero-order valence-electron chi connectivity index (χ0n) is 11.6. The number of nitrogens with zero attached hydrogens (tertiary/aromatic N) is 3. The highest BCUT2D eigenvalue weighted by molar-refractivity contribution is 7.99. The minimum absolute atomic E-state index is 0.184. The Labute approximate surface area is 118 Å². The van der Waals surface area contributed by atoms with Crippen molar-refractivity contribution in [1.82, 2.24) is 14.5 Å². The predicted molar refractivity (Wildman–Crippen MR) is 77.9 cm³/mol. The van der Waals surface area contributed by atoms with Gasteiger partial charge in [-0.3, -0.25) is 4.79 Å². The largest absolute Gasteiger partial charge is 0.329 e. The van der Waals surface area contributed by atoms with Gasteiger partial charge in [0.25, 0.3) is 0 Å². The smallest absolute Gasteiger partial charge is 0.237 e. The van der Waals surface area contributed by atoms with Gasteiger partial charge in [0.2, 0.25) is 5.91 Å². The van der Waals surface area contributed by atoms with Crippen molar-refractivity contribution in [1.29, 1.82) is 0 Å². The highest BCUT2D eigenvalue weighted by Crippen LogP contribution is 2.22. The van der Waals surface area contributed by atoms with Gasteiger partial charge in [-0.25, -0.2) is 4.98 Å². The molecule has 0 spiro atoms. The van der Waals surface area contributed by atoms with Crippen LogP contribution in [0.15, 0.2) is 29.3 Å². The van der Waals surface area contributed by atoms with Crippen molar-refractivity contribution in [3.05, 3.63) is 24.2 Å². The number of allylic oxidation sites excluding steroid dienone is 2. The van der Waals surface area contributed by atoms with E-state index in [1.54, 1.807) is 6.20 Å². The van der Waals surface area contributed by atoms with Gasteiger partial charge in [0.15, 0.2) is 5.16 Å². The molecule has 1 aromatic heterocycles. The minimum Gasteiger partial charge on any atom is -0.329 e. The normalized spacial score (nSPS) is 15.2. The first-order chi connectivity index (χ1) is 9.22. The lowest BCUT2D eigenvalue weighted by atomic mass is 10.0. The van der Waals surface area contributed by atoms with Crippen LogP contribution in [0, 0.1) is 0 Å². The Bertz CT molecular complexity index is 467. The fraction of sp³-hybridized carbons (Fsp3) is 0.571. The van der Waals surface area contributed by atoms with Crippen LogP contribution in [-0.4, -0.2) is 32.7 Å². The number of amides is 1. The first-order valence-electron chi connectivity index (χ1n) is 6.82. The van der Waals surface area contributed by atoms with Crippen LogP contribution in [-0.2, 0) is 11.8 Å². The van der Waals surface area contributed by atoms with Crippen molar-refractivity contribution in [2.24, 2.45) is 7.05 Å². The third kappa shape index (κ3) is 3.62. The van der Waals surface area contributed by atoms with E-state index in [1.807, 2.05) is 29.6 Å². The molecule has 0 N–H and O–H groups in total. The second-order valence-electron chi connectivity index (χ2n) is 4.69. The van der Waals surface area contributed by atoms with E-state index in [0.717, 1.165) is 24.5 Å². The van der Waals surface area contributed by atoms with Crippen LogP contribution in [0.3, 0.4) is 0 Å². The molecule has 0 saturated carbocycles. The minimum atomic E-state index is 0.184. The summed E-state index contributed by atoms with van der Waals surface area (Å²) in [5.74, 6) is 0.638. The summed E-state index contributed by atoms with van der Waals surface area (Å²) in [5.41, 5.74) is 1.21. The number of imidazole rings is 1. The number of hydrogen-bond donors (Lipinski definition) is 0. The van der Waals surface area contributed by atoms with E-state index in [4.69, 9.17) is 0 Å². The van der Waals surface area contributed by atoms with E-state index < -0.39 is 0 Å². The van der Waals surface area contributed by atoms with Crippen LogP contribution < -0.4 is 0 Å². The van der Waals surface area contributed by atoms with Crippen molar-refractivity contribution in [3.63, 3.8) is 0 Å². The van der Waals surface area contributed by atoms with Crippen molar-refractivity contribution in [2.75, 3.05) is 12.3 Å². The number of aromatic nitrogens is 2. The molecule has 4 nitrogen and oxygen atoms in total. The Balaban J connectivity index is 1.93. The number of hydrogen-bond acceptors (Lipinski definition) is 3. The molecule has 0 radical (unpaired) electrons. The van der Waals surface area contributed by atoms with E-state index in [9.17, 15) is 4.79 Å². The molecule has 0 saturated heterocycles. The fourth-order valence-corrected chi connectivity index (χ4v) is 3.11. The van der Waals surface area contributed by atoms with Gasteiger partial charge in [0.05, 0.1) is 5.75 Å². The average molecular weight is 279 g/mol. The van der Waals surface area contributed by atoms with Crippen LogP contribution in [0.2, 0.25) is 0 Å². The molecular formula is C14H21N3OS. The van der Waals surface area contributed by atoms with Crippen LogP contribution >= 0.6 is 11.8 Å². The van der Waals surface area contributed by atoms with Crippen molar-refractivity contribution in [3.8, 4) is 0 Å². The van der Waals surface area contributed by atoms with Crippen molar-refractivity contribution < 1.29 is 4.79 Å². The molecule has 0 bridgehead atoms. The first-order valence-corrected chi connectivity index (χ1v) is 7.80. The van der Waals surface area contributed by atoms with E-state index in [2.05, 4.69) is 11.1 Å². The molecule has 5 heteroatoms. The maximum Gasteiger partial charge on any atom is 0.237 e. The maximum atomic E-state index is 12.3. The van der Waals surface area contributed by atoms with Gasteiger partial charge in [0.1, 0.15) is 0 Å². The number of carbonyl (C=O) groups excluding carboxylic acids is 1. The molecule has 1 aromatic rings. The SMILES string of the molecule is CCN(C(=O)CSc1nccn1C)C1=CCCCC1. The lowest BCUT2D eigenvalue weighted by Crippen LogP contribution is -2.32. The standard InChI is InChI=1S/C14H21N3OS/c1-3-17(12-7-5-4-6-8-12)13(18)11-19-14-15-9-10-16(14)2/h7,9-10H,3-6,8,11H2,1-2H3. The van der Waals surface area contributed by atoms with Gasteiger partial charge in [-0.1, -0.05) is 17.8 Å². The van der Waals surface area contributed by atoms with E-state index in [-0.39, 0.29) is 5.91 Å². The highest BCUT2D eigenvalue weighted by Gasteiger charge is 2.18. The summed E-state index contributed by atoms with van der Waals surface area (Å²) in [6.45, 7) is 2.80. The number of thioether (sulfide) groups is 1. The molecule has 0 unspecified atom stereocenters. The molecule has 1 amide bonds. The molecule has 0 aliphatic heterocycles. The van der Waals surface area contributed by atoms with Gasteiger partial charge in [0, 0.05) is 31.7 Å². The maximum absolute atomic E-state index is 12.3. The summed E-state index contributed by atoms with van der Waals surface area (Å²) in [4.78, 5) is 18.5. The third-order valence-electron chi connectivity index (χ3n) is 3.33. The summed E-state index contributed by atoms with van der Waals surface area (Å²) < 4.78 is 1.94. The van der Waals surface area contributed by atoms with E-state index >= 15 is 0 Å². The Morgan fingerprint density at radius 1 is 1.53 bits per heavy atom. The zero-order chi connectivity index (χ0) is 13.7. The van der Waals surface area contributed by atoms with Crippen LogP contribution in [0.4, 0.5) is 0 Å². The Kier molecular flexibility index (Phi) is 5.07.